The van der Waals surface area contributed by atoms with Crippen LogP contribution in [0.4, 0.5) is 0 Å². The summed E-state index contributed by atoms with van der Waals surface area (Å²) in [5.74, 6) is 1.42. The predicted molar refractivity (Wildman–Crippen MR) is 93.0 cm³/mol. The SMILES string of the molecule is C=CC(S)C/C(C)=C(\CC)CC(CC)C(C)/C=C\C. The van der Waals surface area contributed by atoms with Gasteiger partial charge in [-0.1, -0.05) is 56.6 Å². The zero-order valence-electron chi connectivity index (χ0n) is 13.4. The van der Waals surface area contributed by atoms with Gasteiger partial charge in [-0.05, 0) is 44.9 Å². The van der Waals surface area contributed by atoms with Crippen LogP contribution in [0.2, 0.25) is 0 Å². The summed E-state index contributed by atoms with van der Waals surface area (Å²) in [5.41, 5.74) is 3.12. The molecule has 110 valence electrons. The van der Waals surface area contributed by atoms with E-state index in [0.717, 1.165) is 18.8 Å². The van der Waals surface area contributed by atoms with Crippen LogP contribution in [-0.4, -0.2) is 5.25 Å². The first-order chi connectivity index (χ1) is 8.99. The highest BCUT2D eigenvalue weighted by molar-refractivity contribution is 7.81. The molecule has 0 N–H and O–H groups in total. The average molecular weight is 281 g/mol. The lowest BCUT2D eigenvalue weighted by molar-refractivity contribution is 0.399. The molecule has 3 unspecified atom stereocenters. The summed E-state index contributed by atoms with van der Waals surface area (Å²) < 4.78 is 0. The van der Waals surface area contributed by atoms with Gasteiger partial charge in [0.05, 0.1) is 0 Å². The van der Waals surface area contributed by atoms with Crippen LogP contribution in [0.5, 0.6) is 0 Å². The van der Waals surface area contributed by atoms with Crippen LogP contribution in [0.25, 0.3) is 0 Å². The fourth-order valence-corrected chi connectivity index (χ4v) is 2.91. The van der Waals surface area contributed by atoms with Crippen LogP contribution in [0.15, 0.2) is 36.0 Å². The van der Waals surface area contributed by atoms with E-state index in [4.69, 9.17) is 0 Å². The first-order valence-electron chi connectivity index (χ1n) is 7.60. The Bertz CT molecular complexity index is 312. The van der Waals surface area contributed by atoms with Crippen molar-refractivity contribution < 1.29 is 0 Å². The van der Waals surface area contributed by atoms with Crippen LogP contribution in [0, 0.1) is 11.8 Å². The van der Waals surface area contributed by atoms with Gasteiger partial charge in [0, 0.05) is 5.25 Å². The molecule has 0 rings (SSSR count). The molecule has 0 spiro atoms. The first kappa shape index (κ1) is 18.6. The van der Waals surface area contributed by atoms with Gasteiger partial charge in [0.2, 0.25) is 0 Å². The molecule has 0 fully saturated rings. The van der Waals surface area contributed by atoms with E-state index in [2.05, 4.69) is 66.0 Å². The Morgan fingerprint density at radius 2 is 1.89 bits per heavy atom. The fourth-order valence-electron chi connectivity index (χ4n) is 2.64. The van der Waals surface area contributed by atoms with Gasteiger partial charge in [-0.3, -0.25) is 0 Å². The van der Waals surface area contributed by atoms with Crippen molar-refractivity contribution in [1.29, 1.82) is 0 Å². The Morgan fingerprint density at radius 3 is 2.32 bits per heavy atom. The normalized spacial score (nSPS) is 18.0. The summed E-state index contributed by atoms with van der Waals surface area (Å²) in [5, 5.41) is 0.287. The summed E-state index contributed by atoms with van der Waals surface area (Å²) in [4.78, 5) is 0. The Labute approximate surface area is 126 Å². The van der Waals surface area contributed by atoms with Crippen molar-refractivity contribution in [2.75, 3.05) is 0 Å². The van der Waals surface area contributed by atoms with Crippen molar-refractivity contribution in [3.05, 3.63) is 36.0 Å². The molecule has 0 heterocycles. The van der Waals surface area contributed by atoms with E-state index < -0.39 is 0 Å². The summed E-state index contributed by atoms with van der Waals surface area (Å²) >= 11 is 4.53. The predicted octanol–water partition coefficient (Wildman–Crippen LogP) is 6.22. The lowest BCUT2D eigenvalue weighted by Gasteiger charge is -2.23. The zero-order valence-corrected chi connectivity index (χ0v) is 14.3. The van der Waals surface area contributed by atoms with Crippen LogP contribution < -0.4 is 0 Å². The van der Waals surface area contributed by atoms with E-state index in [1.807, 2.05) is 6.08 Å². The van der Waals surface area contributed by atoms with Crippen LogP contribution >= 0.6 is 12.6 Å². The standard InChI is InChI=1S/C18H32S/c1-7-11-14(5)16(8-2)13-17(9-3)15(6)12-18(19)10-4/h7,10-11,14,16,18-19H,4,8-9,12-13H2,1-3,5-6H3/b11-7-,17-15+. The maximum absolute atomic E-state index is 4.53. The van der Waals surface area contributed by atoms with E-state index in [0.29, 0.717) is 5.92 Å². The van der Waals surface area contributed by atoms with Crippen molar-refractivity contribution >= 4 is 12.6 Å². The van der Waals surface area contributed by atoms with Gasteiger partial charge in [0.15, 0.2) is 0 Å². The monoisotopic (exact) mass is 280 g/mol. The highest BCUT2D eigenvalue weighted by Gasteiger charge is 2.16. The van der Waals surface area contributed by atoms with Gasteiger partial charge in [-0.2, -0.15) is 12.6 Å². The van der Waals surface area contributed by atoms with Gasteiger partial charge >= 0.3 is 0 Å². The molecule has 0 aliphatic rings. The van der Waals surface area contributed by atoms with E-state index >= 15 is 0 Å². The molecular weight excluding hydrogens is 248 g/mol. The van der Waals surface area contributed by atoms with Gasteiger partial charge in [0.25, 0.3) is 0 Å². The third kappa shape index (κ3) is 7.06. The lowest BCUT2D eigenvalue weighted by Crippen LogP contribution is -2.11. The maximum Gasteiger partial charge on any atom is 0.0231 e. The maximum atomic E-state index is 4.53. The van der Waals surface area contributed by atoms with Crippen molar-refractivity contribution in [2.24, 2.45) is 11.8 Å². The molecular formula is C18H32S. The fraction of sp³-hybridized carbons (Fsp3) is 0.667. The molecule has 0 aliphatic carbocycles. The molecule has 0 radical (unpaired) electrons. The molecule has 19 heavy (non-hydrogen) atoms. The largest absolute Gasteiger partial charge is 0.171 e. The number of allylic oxidation sites excluding steroid dienone is 4. The second kappa shape index (κ2) is 10.4. The summed E-state index contributed by atoms with van der Waals surface area (Å²) in [6.45, 7) is 15.1. The minimum Gasteiger partial charge on any atom is -0.171 e. The van der Waals surface area contributed by atoms with E-state index in [1.54, 1.807) is 5.57 Å². The Kier molecular flexibility index (Phi) is 10.1. The molecule has 3 atom stereocenters. The van der Waals surface area contributed by atoms with Crippen molar-refractivity contribution in [2.45, 2.75) is 65.6 Å². The quantitative estimate of drug-likeness (QED) is 0.376. The minimum absolute atomic E-state index is 0.287. The Hall–Kier alpha value is -0.430. The molecule has 0 saturated heterocycles. The van der Waals surface area contributed by atoms with Gasteiger partial charge in [0.1, 0.15) is 0 Å². The third-order valence-electron chi connectivity index (χ3n) is 4.09. The number of hydrogen-bond acceptors (Lipinski definition) is 1. The molecule has 1 heteroatoms. The molecule has 0 amide bonds. The Morgan fingerprint density at radius 1 is 1.26 bits per heavy atom. The number of rotatable bonds is 9. The summed E-state index contributed by atoms with van der Waals surface area (Å²) in [6, 6.07) is 0. The molecule has 0 saturated carbocycles. The summed E-state index contributed by atoms with van der Waals surface area (Å²) in [7, 11) is 0. The van der Waals surface area contributed by atoms with Gasteiger partial charge in [-0.25, -0.2) is 0 Å². The topological polar surface area (TPSA) is 0 Å². The second-order valence-electron chi connectivity index (χ2n) is 5.50. The molecule has 0 aromatic heterocycles. The van der Waals surface area contributed by atoms with Crippen LogP contribution in [0.1, 0.15) is 60.3 Å². The highest BCUT2D eigenvalue weighted by Crippen LogP contribution is 2.29. The third-order valence-corrected chi connectivity index (χ3v) is 4.48. The summed E-state index contributed by atoms with van der Waals surface area (Å²) in [6.07, 6.45) is 11.1. The van der Waals surface area contributed by atoms with Crippen LogP contribution in [0.3, 0.4) is 0 Å². The molecule has 0 aromatic rings. The average Bonchev–Trinajstić information content (AvgIpc) is 2.39. The van der Waals surface area contributed by atoms with E-state index in [9.17, 15) is 0 Å². The minimum atomic E-state index is 0.287. The molecule has 0 bridgehead atoms. The van der Waals surface area contributed by atoms with Crippen molar-refractivity contribution in [1.82, 2.24) is 0 Å². The van der Waals surface area contributed by atoms with E-state index in [-0.39, 0.29) is 5.25 Å². The van der Waals surface area contributed by atoms with Crippen LogP contribution in [-0.2, 0) is 0 Å². The van der Waals surface area contributed by atoms with E-state index in [1.165, 1.54) is 18.4 Å². The smallest absolute Gasteiger partial charge is 0.0231 e. The van der Waals surface area contributed by atoms with Crippen molar-refractivity contribution in [3.8, 4) is 0 Å². The van der Waals surface area contributed by atoms with Crippen molar-refractivity contribution in [3.63, 3.8) is 0 Å². The zero-order chi connectivity index (χ0) is 14.8. The molecule has 0 nitrogen and oxygen atoms in total. The van der Waals surface area contributed by atoms with Gasteiger partial charge in [-0.15, -0.1) is 6.58 Å². The number of hydrogen-bond donors (Lipinski definition) is 1. The lowest BCUT2D eigenvalue weighted by atomic mass is 9.83. The first-order valence-corrected chi connectivity index (χ1v) is 8.12. The molecule has 0 aromatic carbocycles. The number of thiol groups is 1. The van der Waals surface area contributed by atoms with Gasteiger partial charge < -0.3 is 0 Å². The highest BCUT2D eigenvalue weighted by atomic mass is 32.1. The molecule has 0 aliphatic heterocycles. The Balaban J connectivity index is 4.84. The second-order valence-corrected chi connectivity index (χ2v) is 6.17.